The van der Waals surface area contributed by atoms with Crippen LogP contribution in [0.5, 0.6) is 0 Å². The Morgan fingerprint density at radius 3 is 2.16 bits per heavy atom. The lowest BCUT2D eigenvalue weighted by Crippen LogP contribution is -2.54. The first-order valence-corrected chi connectivity index (χ1v) is 26.2. The number of aromatic nitrogens is 1. The summed E-state index contributed by atoms with van der Waals surface area (Å²) in [4.78, 5) is 106. The SMILES string of the molecule is CC[C@H](C)[C@@H]([C@@H](CC(=O)N1CCC[C@H]1[C@H](OC)[C@@H](C)C(=O)N[C@@H](Cc1ccccc1)c1nccs1)OC)N(C)C(=O)C(C=NC(=O)C(C)(C)NC(=O)CCOCCOCCOCCN1C(=O)C=CC1=O)C(C)C. The smallest absolute Gasteiger partial charge is 0.270 e. The molecule has 1 saturated heterocycles. The zero-order valence-electron chi connectivity index (χ0n) is 44.4. The van der Waals surface area contributed by atoms with Crippen LogP contribution in [0.25, 0.3) is 0 Å². The normalized spacial score (nSPS) is 17.9. The molecule has 0 radical (unpaired) electrons. The second kappa shape index (κ2) is 30.2. The van der Waals surface area contributed by atoms with Gasteiger partial charge in [-0.1, -0.05) is 71.4 Å². The molecule has 2 aromatic rings. The van der Waals surface area contributed by atoms with Gasteiger partial charge < -0.3 is 44.1 Å². The van der Waals surface area contributed by atoms with Gasteiger partial charge in [0.25, 0.3) is 17.7 Å². The standard InChI is InChI=1S/C53H79N7O12S/c1-11-36(4)47(42(68-9)33-46(64)59-23-15-18-41(59)48(69-10)37(5)49(65)56-40(50-54-22-31-73-50)32-38-16-13-12-14-17-38)58(8)51(66)39(35(2)3)34-55-52(67)53(6,7)57-43(61)21-25-70-27-29-72-30-28-71-26-24-60-44(62)19-20-45(60)63/h12-14,16-17,19-20,22,31,34-37,39-42,47-48H,11,15,18,21,23-30,32-33H2,1-10H3,(H,56,65)(H,57,61)/t36-,37+,39?,40-,41-,42+,47-,48+/m0/s1. The first-order chi connectivity index (χ1) is 34.8. The summed E-state index contributed by atoms with van der Waals surface area (Å²) in [6.45, 7) is 14.6. The number of thiazole rings is 1. The van der Waals surface area contributed by atoms with E-state index in [-0.39, 0.29) is 112 Å². The Morgan fingerprint density at radius 2 is 1.58 bits per heavy atom. The largest absolute Gasteiger partial charge is 0.379 e. The van der Waals surface area contributed by atoms with Gasteiger partial charge in [0.05, 0.1) is 94.8 Å². The van der Waals surface area contributed by atoms with Crippen molar-refractivity contribution in [3.8, 4) is 0 Å². The van der Waals surface area contributed by atoms with Gasteiger partial charge in [-0.2, -0.15) is 0 Å². The number of carbonyl (C=O) groups is 7. The minimum atomic E-state index is -1.39. The van der Waals surface area contributed by atoms with E-state index in [1.54, 1.807) is 44.0 Å². The van der Waals surface area contributed by atoms with Crippen molar-refractivity contribution in [1.82, 2.24) is 30.3 Å². The van der Waals surface area contributed by atoms with Gasteiger partial charge >= 0.3 is 0 Å². The number of benzene rings is 1. The molecule has 1 unspecified atom stereocenters. The lowest BCUT2D eigenvalue weighted by atomic mass is 9.88. The Labute approximate surface area is 435 Å². The average Bonchev–Trinajstić information content (AvgIpc) is 4.15. The topological polar surface area (TPSA) is 225 Å². The molecule has 2 aliphatic heterocycles. The maximum absolute atomic E-state index is 14.5. The van der Waals surface area contributed by atoms with Gasteiger partial charge in [-0.05, 0) is 50.5 Å². The third-order valence-electron chi connectivity index (χ3n) is 13.5. The Kier molecular flexibility index (Phi) is 24.9. The lowest BCUT2D eigenvalue weighted by Gasteiger charge is -2.40. The van der Waals surface area contributed by atoms with Crippen molar-refractivity contribution in [3.63, 3.8) is 0 Å². The number of methoxy groups -OCH3 is 2. The van der Waals surface area contributed by atoms with Gasteiger partial charge in [0, 0.05) is 64.2 Å². The molecule has 0 saturated carbocycles. The number of aliphatic imine (C=N–C) groups is 1. The van der Waals surface area contributed by atoms with E-state index in [2.05, 4.69) is 20.6 Å². The van der Waals surface area contributed by atoms with Gasteiger partial charge in [-0.15, -0.1) is 11.3 Å². The minimum Gasteiger partial charge on any atom is -0.379 e. The number of likely N-dealkylation sites (N-methyl/N-ethyl adjacent to an activating group) is 1. The van der Waals surface area contributed by atoms with Crippen molar-refractivity contribution < 1.29 is 57.2 Å². The van der Waals surface area contributed by atoms with Crippen molar-refractivity contribution in [2.45, 2.75) is 123 Å². The predicted molar refractivity (Wildman–Crippen MR) is 276 cm³/mol. The van der Waals surface area contributed by atoms with E-state index in [9.17, 15) is 33.6 Å². The molecule has 1 fully saturated rings. The Morgan fingerprint density at radius 1 is 0.932 bits per heavy atom. The van der Waals surface area contributed by atoms with Crippen LogP contribution >= 0.6 is 11.3 Å². The van der Waals surface area contributed by atoms with E-state index in [1.165, 1.54) is 36.8 Å². The van der Waals surface area contributed by atoms with E-state index >= 15 is 0 Å². The Hall–Kier alpha value is -5.25. The number of nitrogens with one attached hydrogen (secondary N) is 2. The van der Waals surface area contributed by atoms with Crippen LogP contribution in [-0.4, -0.2) is 171 Å². The molecular weight excluding hydrogens is 959 g/mol. The number of rotatable bonds is 32. The fourth-order valence-electron chi connectivity index (χ4n) is 9.11. The van der Waals surface area contributed by atoms with Gasteiger partial charge in [0.15, 0.2) is 0 Å². The number of carbonyl (C=O) groups excluding carboxylic acids is 7. The average molecular weight is 1040 g/mol. The Bertz CT molecular complexity index is 2140. The number of imide groups is 1. The van der Waals surface area contributed by atoms with Gasteiger partial charge in [0.1, 0.15) is 10.5 Å². The van der Waals surface area contributed by atoms with Crippen LogP contribution in [0.4, 0.5) is 0 Å². The summed E-state index contributed by atoms with van der Waals surface area (Å²) >= 11 is 1.48. The maximum atomic E-state index is 14.5. The molecule has 1 aromatic heterocycles. The molecule has 19 nitrogen and oxygen atoms in total. The molecular formula is C53H79N7O12S. The van der Waals surface area contributed by atoms with Crippen LogP contribution in [0.3, 0.4) is 0 Å². The molecule has 0 spiro atoms. The second-order valence-corrected chi connectivity index (χ2v) is 20.4. The number of ether oxygens (including phenoxy) is 5. The van der Waals surface area contributed by atoms with Gasteiger partial charge in [0.2, 0.25) is 23.6 Å². The summed E-state index contributed by atoms with van der Waals surface area (Å²) in [5.41, 5.74) is -0.318. The summed E-state index contributed by atoms with van der Waals surface area (Å²) < 4.78 is 28.5. The molecule has 404 valence electrons. The number of amides is 7. The zero-order chi connectivity index (χ0) is 53.7. The van der Waals surface area contributed by atoms with E-state index in [0.717, 1.165) is 21.9 Å². The molecule has 4 rings (SSSR count). The van der Waals surface area contributed by atoms with Gasteiger partial charge in [-0.3, -0.25) is 38.5 Å². The molecule has 1 aromatic carbocycles. The van der Waals surface area contributed by atoms with Crippen LogP contribution < -0.4 is 10.6 Å². The van der Waals surface area contributed by atoms with Crippen molar-refractivity contribution in [3.05, 3.63) is 64.6 Å². The van der Waals surface area contributed by atoms with Crippen LogP contribution in [-0.2, 0) is 63.7 Å². The predicted octanol–water partition coefficient (Wildman–Crippen LogP) is 4.59. The molecule has 2 N–H and O–H groups in total. The Balaban J connectivity index is 1.29. The van der Waals surface area contributed by atoms with Crippen molar-refractivity contribution in [1.29, 1.82) is 0 Å². The summed E-state index contributed by atoms with van der Waals surface area (Å²) in [5.74, 6) is -4.20. The van der Waals surface area contributed by atoms with Crippen molar-refractivity contribution >= 4 is 58.9 Å². The van der Waals surface area contributed by atoms with E-state index in [4.69, 9.17) is 23.7 Å². The lowest BCUT2D eigenvalue weighted by molar-refractivity contribution is -0.147. The van der Waals surface area contributed by atoms with Gasteiger partial charge in [-0.25, -0.2) is 9.98 Å². The van der Waals surface area contributed by atoms with Crippen molar-refractivity contribution in [2.24, 2.45) is 28.7 Å². The maximum Gasteiger partial charge on any atom is 0.270 e. The third kappa shape index (κ3) is 18.0. The molecule has 7 amide bonds. The molecule has 73 heavy (non-hydrogen) atoms. The summed E-state index contributed by atoms with van der Waals surface area (Å²) in [7, 11) is 4.80. The van der Waals surface area contributed by atoms with Crippen molar-refractivity contribution in [2.75, 3.05) is 74.0 Å². The molecule has 2 aliphatic rings. The fraction of sp³-hybridized carbons (Fsp3) is 0.642. The molecule has 20 heteroatoms. The van der Waals surface area contributed by atoms with Crippen LogP contribution in [0.2, 0.25) is 0 Å². The monoisotopic (exact) mass is 1040 g/mol. The third-order valence-corrected chi connectivity index (χ3v) is 14.4. The number of hydrogen-bond acceptors (Lipinski definition) is 14. The summed E-state index contributed by atoms with van der Waals surface area (Å²) in [6.07, 6.45) is 6.85. The number of nitrogens with zero attached hydrogens (tertiary/aromatic N) is 5. The fourth-order valence-corrected chi connectivity index (χ4v) is 9.80. The van der Waals surface area contributed by atoms with Crippen LogP contribution in [0.15, 0.2) is 59.1 Å². The van der Waals surface area contributed by atoms with E-state index in [0.29, 0.717) is 25.8 Å². The van der Waals surface area contributed by atoms with E-state index < -0.39 is 47.4 Å². The highest BCUT2D eigenvalue weighted by molar-refractivity contribution is 7.09. The van der Waals surface area contributed by atoms with Crippen LogP contribution in [0, 0.1) is 23.7 Å². The van der Waals surface area contributed by atoms with Crippen LogP contribution in [0.1, 0.15) is 97.2 Å². The number of hydrogen-bond donors (Lipinski definition) is 2. The number of likely N-dealkylation sites (tertiary alicyclic amines) is 1. The second-order valence-electron chi connectivity index (χ2n) is 19.5. The summed E-state index contributed by atoms with van der Waals surface area (Å²) in [6, 6.07) is 8.70. The quantitative estimate of drug-likeness (QED) is 0.0582. The summed E-state index contributed by atoms with van der Waals surface area (Å²) in [5, 5.41) is 8.62. The molecule has 0 bridgehead atoms. The first kappa shape index (κ1) is 60.3. The molecule has 8 atom stereocenters. The highest BCUT2D eigenvalue weighted by Crippen LogP contribution is 2.31. The van der Waals surface area contributed by atoms with E-state index in [1.807, 2.05) is 70.3 Å². The highest BCUT2D eigenvalue weighted by Gasteiger charge is 2.43. The highest BCUT2D eigenvalue weighted by atomic mass is 32.1. The molecule has 3 heterocycles. The first-order valence-electron chi connectivity index (χ1n) is 25.4. The zero-order valence-corrected chi connectivity index (χ0v) is 45.2. The molecule has 0 aliphatic carbocycles. The minimum absolute atomic E-state index is 0.0174.